The molecule has 2 N–H and O–H groups in total. The summed E-state index contributed by atoms with van der Waals surface area (Å²) in [6.45, 7) is 1.23. The van der Waals surface area contributed by atoms with Gasteiger partial charge in [0.1, 0.15) is 6.04 Å². The van der Waals surface area contributed by atoms with Gasteiger partial charge in [-0.25, -0.2) is 9.78 Å². The summed E-state index contributed by atoms with van der Waals surface area (Å²) in [5, 5.41) is 11.1. The summed E-state index contributed by atoms with van der Waals surface area (Å²) < 4.78 is 12.7. The Morgan fingerprint density at radius 1 is 1.62 bits per heavy atom. The fourth-order valence-corrected chi connectivity index (χ4v) is 1.25. The highest BCUT2D eigenvalue weighted by atomic mass is 19.1. The van der Waals surface area contributed by atoms with Gasteiger partial charge in [0.25, 0.3) is 0 Å². The van der Waals surface area contributed by atoms with E-state index in [2.05, 4.69) is 10.3 Å². The molecule has 0 unspecified atom stereocenters. The third kappa shape index (κ3) is 3.64. The quantitative estimate of drug-likeness (QED) is 0.726. The summed E-state index contributed by atoms with van der Waals surface area (Å²) in [5.41, 5.74) is 0.466. The second kappa shape index (κ2) is 5.20. The Morgan fingerprint density at radius 3 is 2.81 bits per heavy atom. The first kappa shape index (κ1) is 12.1. The van der Waals surface area contributed by atoms with E-state index in [9.17, 15) is 14.0 Å². The molecule has 16 heavy (non-hydrogen) atoms. The fraction of sp³-hybridized carbons (Fsp3) is 0.300. The van der Waals surface area contributed by atoms with Crippen molar-refractivity contribution in [3.05, 3.63) is 29.8 Å². The Balaban J connectivity index is 2.75. The molecule has 0 saturated carbocycles. The summed E-state index contributed by atoms with van der Waals surface area (Å²) in [4.78, 5) is 24.9. The van der Waals surface area contributed by atoms with Crippen molar-refractivity contribution in [2.24, 2.45) is 0 Å². The fourth-order valence-electron chi connectivity index (χ4n) is 1.25. The highest BCUT2D eigenvalue weighted by Crippen LogP contribution is 2.04. The molecule has 0 aliphatic heterocycles. The van der Waals surface area contributed by atoms with Gasteiger partial charge in [0.2, 0.25) is 11.9 Å². The van der Waals surface area contributed by atoms with Gasteiger partial charge in [-0.2, -0.15) is 4.39 Å². The number of carboxylic acid groups (broad SMARTS) is 1. The number of nitrogens with one attached hydrogen (secondary N) is 1. The molecule has 0 spiro atoms. The third-order valence-electron chi connectivity index (χ3n) is 1.91. The van der Waals surface area contributed by atoms with E-state index < -0.39 is 23.9 Å². The molecule has 6 heteroatoms. The maximum absolute atomic E-state index is 12.7. The second-order valence-corrected chi connectivity index (χ2v) is 3.28. The van der Waals surface area contributed by atoms with Crippen LogP contribution >= 0.6 is 0 Å². The summed E-state index contributed by atoms with van der Waals surface area (Å²) in [7, 11) is 0. The first-order chi connectivity index (χ1) is 7.49. The van der Waals surface area contributed by atoms with E-state index in [1.165, 1.54) is 19.2 Å². The van der Waals surface area contributed by atoms with E-state index in [0.717, 1.165) is 6.07 Å². The van der Waals surface area contributed by atoms with Crippen molar-refractivity contribution in [2.45, 2.75) is 19.4 Å². The van der Waals surface area contributed by atoms with Crippen LogP contribution in [0.15, 0.2) is 18.3 Å². The number of pyridine rings is 1. The molecule has 0 fully saturated rings. The van der Waals surface area contributed by atoms with E-state index in [4.69, 9.17) is 5.11 Å². The van der Waals surface area contributed by atoms with Gasteiger partial charge in [-0.3, -0.25) is 4.79 Å². The molecule has 1 aromatic heterocycles. The number of carbonyl (C=O) groups is 2. The molecule has 0 radical (unpaired) electrons. The van der Waals surface area contributed by atoms with Crippen molar-refractivity contribution in [3.8, 4) is 0 Å². The normalized spacial score (nSPS) is 11.9. The Bertz CT molecular complexity index is 409. The van der Waals surface area contributed by atoms with Gasteiger partial charge in [-0.05, 0) is 17.7 Å². The van der Waals surface area contributed by atoms with Gasteiger partial charge in [0, 0.05) is 19.5 Å². The molecule has 0 aliphatic carbocycles. The smallest absolute Gasteiger partial charge is 0.326 e. The number of hydrogen-bond donors (Lipinski definition) is 2. The minimum Gasteiger partial charge on any atom is -0.480 e. The van der Waals surface area contributed by atoms with Gasteiger partial charge in [0.05, 0.1) is 0 Å². The summed E-state index contributed by atoms with van der Waals surface area (Å²) in [6, 6.07) is 1.58. The maximum Gasteiger partial charge on any atom is 0.326 e. The van der Waals surface area contributed by atoms with Crippen LogP contribution in [-0.2, 0) is 16.0 Å². The van der Waals surface area contributed by atoms with Crippen molar-refractivity contribution in [1.82, 2.24) is 10.3 Å². The first-order valence-corrected chi connectivity index (χ1v) is 4.59. The standard InChI is InChI=1S/C10H11FN2O3/c1-6(14)13-8(10(15)16)4-7-2-3-12-9(11)5-7/h2-3,5,8H,4H2,1H3,(H,13,14)(H,15,16)/t8-/m0/s1. The van der Waals surface area contributed by atoms with Gasteiger partial charge in [0.15, 0.2) is 0 Å². The zero-order valence-corrected chi connectivity index (χ0v) is 8.61. The minimum atomic E-state index is -1.16. The number of rotatable bonds is 4. The highest BCUT2D eigenvalue weighted by molar-refractivity contribution is 5.82. The van der Waals surface area contributed by atoms with Crippen molar-refractivity contribution >= 4 is 11.9 Å². The Kier molecular flexibility index (Phi) is 3.93. The number of aliphatic carboxylic acids is 1. The summed E-state index contributed by atoms with van der Waals surface area (Å²) >= 11 is 0. The molecule has 1 aromatic rings. The van der Waals surface area contributed by atoms with Crippen LogP contribution in [0, 0.1) is 5.95 Å². The second-order valence-electron chi connectivity index (χ2n) is 3.28. The number of carboxylic acids is 1. The Labute approximate surface area is 91.3 Å². The molecule has 1 rings (SSSR count). The lowest BCUT2D eigenvalue weighted by molar-refractivity contribution is -0.141. The van der Waals surface area contributed by atoms with E-state index in [1.807, 2.05) is 0 Å². The third-order valence-corrected chi connectivity index (χ3v) is 1.91. The Hall–Kier alpha value is -1.98. The van der Waals surface area contributed by atoms with Crippen LogP contribution in [-0.4, -0.2) is 28.0 Å². The molecule has 0 aliphatic rings. The van der Waals surface area contributed by atoms with Crippen LogP contribution in [0.2, 0.25) is 0 Å². The van der Waals surface area contributed by atoms with Crippen LogP contribution in [0.5, 0.6) is 0 Å². The lowest BCUT2D eigenvalue weighted by Gasteiger charge is -2.12. The lowest BCUT2D eigenvalue weighted by Crippen LogP contribution is -2.41. The van der Waals surface area contributed by atoms with Crippen LogP contribution in [0.3, 0.4) is 0 Å². The average Bonchev–Trinajstić information content (AvgIpc) is 2.15. The van der Waals surface area contributed by atoms with E-state index in [1.54, 1.807) is 0 Å². The molecular formula is C10H11FN2O3. The zero-order chi connectivity index (χ0) is 12.1. The van der Waals surface area contributed by atoms with Crippen LogP contribution in [0.25, 0.3) is 0 Å². The van der Waals surface area contributed by atoms with Crippen LogP contribution in [0.4, 0.5) is 4.39 Å². The predicted molar refractivity (Wildman–Crippen MR) is 53.1 cm³/mol. The molecular weight excluding hydrogens is 215 g/mol. The minimum absolute atomic E-state index is 0.0222. The summed E-state index contributed by atoms with van der Waals surface area (Å²) in [6.07, 6.45) is 1.27. The van der Waals surface area contributed by atoms with Crippen LogP contribution in [0.1, 0.15) is 12.5 Å². The van der Waals surface area contributed by atoms with E-state index in [-0.39, 0.29) is 6.42 Å². The first-order valence-electron chi connectivity index (χ1n) is 4.59. The zero-order valence-electron chi connectivity index (χ0n) is 8.61. The maximum atomic E-state index is 12.7. The van der Waals surface area contributed by atoms with Crippen molar-refractivity contribution in [2.75, 3.05) is 0 Å². The topological polar surface area (TPSA) is 79.3 Å². The molecule has 0 aromatic carbocycles. The largest absolute Gasteiger partial charge is 0.480 e. The van der Waals surface area contributed by atoms with Gasteiger partial charge in [-0.15, -0.1) is 0 Å². The molecule has 1 heterocycles. The molecule has 0 bridgehead atoms. The van der Waals surface area contributed by atoms with Crippen molar-refractivity contribution in [1.29, 1.82) is 0 Å². The SMILES string of the molecule is CC(=O)N[C@@H](Cc1ccnc(F)c1)C(=O)O. The van der Waals surface area contributed by atoms with Gasteiger partial charge >= 0.3 is 5.97 Å². The Morgan fingerprint density at radius 2 is 2.31 bits per heavy atom. The monoisotopic (exact) mass is 226 g/mol. The number of aromatic nitrogens is 1. The molecule has 0 saturated heterocycles. The van der Waals surface area contributed by atoms with Crippen molar-refractivity contribution < 1.29 is 19.1 Å². The predicted octanol–water partition coefficient (Wildman–Crippen LogP) is 0.352. The lowest BCUT2D eigenvalue weighted by atomic mass is 10.1. The van der Waals surface area contributed by atoms with Crippen molar-refractivity contribution in [3.63, 3.8) is 0 Å². The van der Waals surface area contributed by atoms with Crippen LogP contribution < -0.4 is 5.32 Å². The molecule has 86 valence electrons. The molecule has 5 nitrogen and oxygen atoms in total. The molecule has 1 atom stereocenters. The number of hydrogen-bond acceptors (Lipinski definition) is 3. The highest BCUT2D eigenvalue weighted by Gasteiger charge is 2.18. The number of halogens is 1. The number of carbonyl (C=O) groups excluding carboxylic acids is 1. The summed E-state index contributed by atoms with van der Waals surface area (Å²) in [5.74, 6) is -2.28. The van der Waals surface area contributed by atoms with E-state index in [0.29, 0.717) is 5.56 Å². The average molecular weight is 226 g/mol. The van der Waals surface area contributed by atoms with Gasteiger partial charge in [-0.1, -0.05) is 0 Å². The van der Waals surface area contributed by atoms with E-state index >= 15 is 0 Å². The molecule has 1 amide bonds. The number of amides is 1. The van der Waals surface area contributed by atoms with Gasteiger partial charge < -0.3 is 10.4 Å². The number of nitrogens with zero attached hydrogens (tertiary/aromatic N) is 1.